The van der Waals surface area contributed by atoms with E-state index in [4.69, 9.17) is 4.74 Å². The Labute approximate surface area is 147 Å². The average molecular weight is 325 g/mol. The highest BCUT2D eigenvalue weighted by Gasteiger charge is 2.06. The van der Waals surface area contributed by atoms with Crippen LogP contribution in [-0.4, -0.2) is 12.1 Å². The van der Waals surface area contributed by atoms with Crippen molar-refractivity contribution >= 4 is 10.9 Å². The molecular weight excluding hydrogens is 306 g/mol. The molecule has 1 aromatic heterocycles. The van der Waals surface area contributed by atoms with Crippen molar-refractivity contribution in [3.63, 3.8) is 0 Å². The van der Waals surface area contributed by atoms with E-state index < -0.39 is 0 Å². The Balaban J connectivity index is 1.70. The number of rotatable bonds is 4. The number of pyridine rings is 1. The van der Waals surface area contributed by atoms with Gasteiger partial charge in [-0.15, -0.1) is 0 Å². The van der Waals surface area contributed by atoms with Crippen LogP contribution < -0.4 is 4.74 Å². The van der Waals surface area contributed by atoms with Crippen molar-refractivity contribution in [1.29, 1.82) is 0 Å². The summed E-state index contributed by atoms with van der Waals surface area (Å²) in [5.74, 6) is 0.836. The SMILES string of the molecule is COc1ccc2c(Cc3cccc(-c4ccccc4)c3)ccnc2c1. The molecule has 0 saturated carbocycles. The van der Waals surface area contributed by atoms with Gasteiger partial charge in [-0.05, 0) is 46.9 Å². The van der Waals surface area contributed by atoms with E-state index in [9.17, 15) is 0 Å². The van der Waals surface area contributed by atoms with E-state index in [1.54, 1.807) is 7.11 Å². The molecule has 0 bridgehead atoms. The monoisotopic (exact) mass is 325 g/mol. The third kappa shape index (κ3) is 3.24. The standard InChI is InChI=1S/C23H19NO/c1-25-21-10-11-22-20(12-13-24-23(22)16-21)15-17-6-5-9-19(14-17)18-7-3-2-4-8-18/h2-14,16H,15H2,1H3. The normalized spacial score (nSPS) is 10.8. The topological polar surface area (TPSA) is 22.1 Å². The highest BCUT2D eigenvalue weighted by Crippen LogP contribution is 2.26. The quantitative estimate of drug-likeness (QED) is 0.494. The van der Waals surface area contributed by atoms with Crippen LogP contribution in [0.3, 0.4) is 0 Å². The van der Waals surface area contributed by atoms with Crippen LogP contribution in [0.4, 0.5) is 0 Å². The van der Waals surface area contributed by atoms with Crippen molar-refractivity contribution in [1.82, 2.24) is 4.98 Å². The zero-order chi connectivity index (χ0) is 17.1. The fourth-order valence-electron chi connectivity index (χ4n) is 3.18. The van der Waals surface area contributed by atoms with Crippen LogP contribution in [0.2, 0.25) is 0 Å². The maximum absolute atomic E-state index is 5.31. The lowest BCUT2D eigenvalue weighted by Gasteiger charge is -2.09. The predicted molar refractivity (Wildman–Crippen MR) is 103 cm³/mol. The fourth-order valence-corrected chi connectivity index (χ4v) is 3.18. The lowest BCUT2D eigenvalue weighted by atomic mass is 9.97. The fraction of sp³-hybridized carbons (Fsp3) is 0.0870. The van der Waals surface area contributed by atoms with Gasteiger partial charge in [0, 0.05) is 17.6 Å². The molecular formula is C23H19NO. The molecule has 0 aliphatic rings. The van der Waals surface area contributed by atoms with Gasteiger partial charge >= 0.3 is 0 Å². The Bertz CT molecular complexity index is 1010. The van der Waals surface area contributed by atoms with Gasteiger partial charge in [-0.2, -0.15) is 0 Å². The molecule has 0 aliphatic carbocycles. The first-order valence-electron chi connectivity index (χ1n) is 8.39. The van der Waals surface area contributed by atoms with Crippen molar-refractivity contribution in [2.45, 2.75) is 6.42 Å². The van der Waals surface area contributed by atoms with Crippen molar-refractivity contribution in [2.24, 2.45) is 0 Å². The van der Waals surface area contributed by atoms with Crippen LogP contribution in [0.5, 0.6) is 5.75 Å². The summed E-state index contributed by atoms with van der Waals surface area (Å²) in [5.41, 5.74) is 6.03. The van der Waals surface area contributed by atoms with Crippen LogP contribution in [-0.2, 0) is 6.42 Å². The Morgan fingerprint density at radius 1 is 0.800 bits per heavy atom. The predicted octanol–water partition coefficient (Wildman–Crippen LogP) is 5.50. The Hall–Kier alpha value is -3.13. The zero-order valence-electron chi connectivity index (χ0n) is 14.1. The number of aromatic nitrogens is 1. The largest absolute Gasteiger partial charge is 0.497 e. The van der Waals surface area contributed by atoms with Crippen LogP contribution in [0.1, 0.15) is 11.1 Å². The molecule has 0 radical (unpaired) electrons. The van der Waals surface area contributed by atoms with Crippen LogP contribution in [0.25, 0.3) is 22.0 Å². The highest BCUT2D eigenvalue weighted by molar-refractivity contribution is 5.83. The van der Waals surface area contributed by atoms with Gasteiger partial charge in [0.2, 0.25) is 0 Å². The minimum Gasteiger partial charge on any atom is -0.497 e. The van der Waals surface area contributed by atoms with Crippen molar-refractivity contribution in [3.05, 3.63) is 96.2 Å². The minimum absolute atomic E-state index is 0.836. The van der Waals surface area contributed by atoms with E-state index in [1.807, 2.05) is 24.4 Å². The summed E-state index contributed by atoms with van der Waals surface area (Å²) in [6.07, 6.45) is 2.75. The summed E-state index contributed by atoms with van der Waals surface area (Å²) in [6, 6.07) is 27.4. The molecule has 3 aromatic carbocycles. The maximum atomic E-state index is 5.31. The average Bonchev–Trinajstić information content (AvgIpc) is 2.69. The molecule has 0 fully saturated rings. The van der Waals surface area contributed by atoms with Crippen molar-refractivity contribution < 1.29 is 4.74 Å². The molecule has 4 rings (SSSR count). The minimum atomic E-state index is 0.836. The number of benzene rings is 3. The molecule has 0 unspecified atom stereocenters. The summed E-state index contributed by atoms with van der Waals surface area (Å²) in [6.45, 7) is 0. The summed E-state index contributed by atoms with van der Waals surface area (Å²) in [4.78, 5) is 4.48. The lowest BCUT2D eigenvalue weighted by Crippen LogP contribution is -1.93. The van der Waals surface area contributed by atoms with Gasteiger partial charge in [-0.3, -0.25) is 4.98 Å². The Kier molecular flexibility index (Phi) is 4.17. The highest BCUT2D eigenvalue weighted by atomic mass is 16.5. The van der Waals surface area contributed by atoms with Gasteiger partial charge < -0.3 is 4.74 Å². The molecule has 0 amide bonds. The number of nitrogens with zero attached hydrogens (tertiary/aromatic N) is 1. The van der Waals surface area contributed by atoms with E-state index in [-0.39, 0.29) is 0 Å². The van der Waals surface area contributed by atoms with E-state index in [1.165, 1.54) is 27.6 Å². The van der Waals surface area contributed by atoms with Gasteiger partial charge in [-0.25, -0.2) is 0 Å². The first-order valence-corrected chi connectivity index (χ1v) is 8.39. The Morgan fingerprint density at radius 3 is 2.48 bits per heavy atom. The summed E-state index contributed by atoms with van der Waals surface area (Å²) in [5, 5.41) is 1.17. The first-order chi connectivity index (χ1) is 12.3. The molecule has 0 spiro atoms. The number of hydrogen-bond acceptors (Lipinski definition) is 2. The van der Waals surface area contributed by atoms with E-state index in [0.717, 1.165) is 17.7 Å². The number of hydrogen-bond donors (Lipinski definition) is 0. The van der Waals surface area contributed by atoms with Crippen LogP contribution >= 0.6 is 0 Å². The molecule has 25 heavy (non-hydrogen) atoms. The third-order valence-electron chi connectivity index (χ3n) is 4.47. The molecule has 0 aliphatic heterocycles. The molecule has 2 heteroatoms. The number of ether oxygens (including phenoxy) is 1. The first kappa shape index (κ1) is 15.4. The molecule has 0 atom stereocenters. The maximum Gasteiger partial charge on any atom is 0.121 e. The zero-order valence-corrected chi connectivity index (χ0v) is 14.1. The van der Waals surface area contributed by atoms with Crippen molar-refractivity contribution in [3.8, 4) is 16.9 Å². The van der Waals surface area contributed by atoms with Gasteiger partial charge in [-0.1, -0.05) is 54.6 Å². The van der Waals surface area contributed by atoms with Crippen LogP contribution in [0, 0.1) is 0 Å². The molecule has 4 aromatic rings. The van der Waals surface area contributed by atoms with Gasteiger partial charge in [0.15, 0.2) is 0 Å². The van der Waals surface area contributed by atoms with Crippen molar-refractivity contribution in [2.75, 3.05) is 7.11 Å². The van der Waals surface area contributed by atoms with Gasteiger partial charge in [0.05, 0.1) is 12.6 Å². The smallest absolute Gasteiger partial charge is 0.121 e. The summed E-state index contributed by atoms with van der Waals surface area (Å²) >= 11 is 0. The van der Waals surface area contributed by atoms with Gasteiger partial charge in [0.1, 0.15) is 5.75 Å². The second-order valence-corrected chi connectivity index (χ2v) is 6.10. The van der Waals surface area contributed by atoms with Crippen LogP contribution in [0.15, 0.2) is 85.1 Å². The molecule has 122 valence electrons. The van der Waals surface area contributed by atoms with E-state index >= 15 is 0 Å². The second-order valence-electron chi connectivity index (χ2n) is 6.10. The number of fused-ring (bicyclic) bond motifs is 1. The summed E-state index contributed by atoms with van der Waals surface area (Å²) < 4.78 is 5.31. The van der Waals surface area contributed by atoms with Gasteiger partial charge in [0.25, 0.3) is 0 Å². The third-order valence-corrected chi connectivity index (χ3v) is 4.47. The molecule has 0 saturated heterocycles. The lowest BCUT2D eigenvalue weighted by molar-refractivity contribution is 0.415. The summed E-state index contributed by atoms with van der Waals surface area (Å²) in [7, 11) is 1.68. The van der Waals surface area contributed by atoms with E-state index in [0.29, 0.717) is 0 Å². The van der Waals surface area contributed by atoms with E-state index in [2.05, 4.69) is 65.6 Å². The Morgan fingerprint density at radius 2 is 1.64 bits per heavy atom. The molecule has 1 heterocycles. The molecule has 0 N–H and O–H groups in total. The molecule has 2 nitrogen and oxygen atoms in total. The number of methoxy groups -OCH3 is 1. The second kappa shape index (κ2) is 6.78.